The lowest BCUT2D eigenvalue weighted by atomic mass is 10.3. The average Bonchev–Trinajstić information content (AvgIpc) is 2.98. The molecule has 84 valence electrons. The lowest BCUT2D eigenvalue weighted by Gasteiger charge is -2.02. The molecule has 17 heavy (non-hydrogen) atoms. The average molecular weight is 227 g/mol. The molecule has 0 saturated carbocycles. The Kier molecular flexibility index (Phi) is 2.08. The van der Waals surface area contributed by atoms with E-state index in [1.165, 1.54) is 4.68 Å². The lowest BCUT2D eigenvalue weighted by Crippen LogP contribution is -2.06. The van der Waals surface area contributed by atoms with Gasteiger partial charge in [-0.2, -0.15) is 9.78 Å². The lowest BCUT2D eigenvalue weighted by molar-refractivity contribution is 0.741. The van der Waals surface area contributed by atoms with Gasteiger partial charge in [-0.05, 0) is 22.6 Å². The molecule has 0 unspecified atom stereocenters. The van der Waals surface area contributed by atoms with Crippen LogP contribution in [0.15, 0.2) is 42.7 Å². The largest absolute Gasteiger partial charge is 0.396 e. The molecule has 2 aromatic heterocycles. The number of anilines is 1. The number of rotatable bonds is 2. The second kappa shape index (κ2) is 3.71. The monoisotopic (exact) mass is 227 g/mol. The van der Waals surface area contributed by atoms with Gasteiger partial charge in [0.1, 0.15) is 0 Å². The van der Waals surface area contributed by atoms with E-state index in [0.29, 0.717) is 11.6 Å². The quantitative estimate of drug-likeness (QED) is 0.686. The van der Waals surface area contributed by atoms with Gasteiger partial charge < -0.3 is 5.73 Å². The van der Waals surface area contributed by atoms with Crippen molar-refractivity contribution >= 4 is 5.69 Å². The summed E-state index contributed by atoms with van der Waals surface area (Å²) in [7, 11) is 0. The van der Waals surface area contributed by atoms with Crippen molar-refractivity contribution in [2.45, 2.75) is 0 Å². The van der Waals surface area contributed by atoms with Gasteiger partial charge in [0, 0.05) is 0 Å². The number of nitrogen functional groups attached to an aromatic ring is 1. The highest BCUT2D eigenvalue weighted by Gasteiger charge is 2.10. The van der Waals surface area contributed by atoms with Crippen LogP contribution in [0.2, 0.25) is 0 Å². The van der Waals surface area contributed by atoms with E-state index in [1.807, 2.05) is 30.3 Å². The molecular weight excluding hydrogens is 218 g/mol. The van der Waals surface area contributed by atoms with Crippen molar-refractivity contribution in [3.05, 3.63) is 42.7 Å². The molecule has 0 radical (unpaired) electrons. The molecule has 0 spiro atoms. The Morgan fingerprint density at radius 3 is 2.65 bits per heavy atom. The van der Waals surface area contributed by atoms with Crippen molar-refractivity contribution in [3.8, 4) is 11.6 Å². The van der Waals surface area contributed by atoms with E-state index in [-0.39, 0.29) is 0 Å². The van der Waals surface area contributed by atoms with Crippen molar-refractivity contribution in [3.63, 3.8) is 0 Å². The fourth-order valence-corrected chi connectivity index (χ4v) is 1.51. The third kappa shape index (κ3) is 1.63. The summed E-state index contributed by atoms with van der Waals surface area (Å²) < 4.78 is 3.12. The van der Waals surface area contributed by atoms with Gasteiger partial charge in [0.2, 0.25) is 0 Å². The summed E-state index contributed by atoms with van der Waals surface area (Å²) in [6, 6.07) is 9.58. The van der Waals surface area contributed by atoms with Gasteiger partial charge in [-0.25, -0.2) is 4.68 Å². The molecular formula is C10H9N7. The van der Waals surface area contributed by atoms with Crippen molar-refractivity contribution in [2.75, 3.05) is 5.73 Å². The third-order valence-electron chi connectivity index (χ3n) is 2.26. The Balaban J connectivity index is 2.12. The molecule has 0 aliphatic heterocycles. The van der Waals surface area contributed by atoms with Crippen molar-refractivity contribution in [1.29, 1.82) is 0 Å². The summed E-state index contributed by atoms with van der Waals surface area (Å²) in [6.45, 7) is 0. The zero-order valence-corrected chi connectivity index (χ0v) is 8.80. The minimum atomic E-state index is 0.493. The summed E-state index contributed by atoms with van der Waals surface area (Å²) in [5, 5.41) is 15.6. The van der Waals surface area contributed by atoms with Crippen LogP contribution in [0.25, 0.3) is 11.6 Å². The van der Waals surface area contributed by atoms with Gasteiger partial charge in [-0.1, -0.05) is 23.3 Å². The second-order valence-electron chi connectivity index (χ2n) is 3.44. The van der Waals surface area contributed by atoms with Crippen LogP contribution in [0.3, 0.4) is 0 Å². The Bertz CT molecular complexity index is 625. The van der Waals surface area contributed by atoms with Gasteiger partial charge in [0.15, 0.2) is 0 Å². The molecule has 0 fully saturated rings. The molecule has 2 N–H and O–H groups in total. The predicted octanol–water partition coefficient (Wildman–Crippen LogP) is 0.430. The number of benzene rings is 1. The van der Waals surface area contributed by atoms with E-state index >= 15 is 0 Å². The SMILES string of the molecule is Nc1cnn(-c2nnnn2-c2ccccc2)c1. The fraction of sp³-hybridized carbons (Fsp3) is 0. The smallest absolute Gasteiger partial charge is 0.275 e. The van der Waals surface area contributed by atoms with Crippen LogP contribution < -0.4 is 5.73 Å². The molecule has 7 nitrogen and oxygen atoms in total. The second-order valence-corrected chi connectivity index (χ2v) is 3.44. The first-order chi connectivity index (χ1) is 8.34. The highest BCUT2D eigenvalue weighted by Crippen LogP contribution is 2.11. The molecule has 0 bridgehead atoms. The van der Waals surface area contributed by atoms with Crippen LogP contribution in [-0.4, -0.2) is 30.0 Å². The van der Waals surface area contributed by atoms with Gasteiger partial charge >= 0.3 is 0 Å². The van der Waals surface area contributed by atoms with E-state index in [4.69, 9.17) is 5.73 Å². The Morgan fingerprint density at radius 1 is 1.12 bits per heavy atom. The zero-order chi connectivity index (χ0) is 11.7. The van der Waals surface area contributed by atoms with Crippen LogP contribution in [0, 0.1) is 0 Å². The first-order valence-electron chi connectivity index (χ1n) is 4.99. The number of para-hydroxylation sites is 1. The molecule has 3 rings (SSSR count). The number of tetrazole rings is 1. The van der Waals surface area contributed by atoms with Crippen LogP contribution in [0.1, 0.15) is 0 Å². The number of nitrogens with zero attached hydrogens (tertiary/aromatic N) is 6. The highest BCUT2D eigenvalue weighted by molar-refractivity contribution is 5.36. The van der Waals surface area contributed by atoms with Gasteiger partial charge in [-0.15, -0.1) is 0 Å². The first-order valence-corrected chi connectivity index (χ1v) is 4.99. The summed E-state index contributed by atoms with van der Waals surface area (Å²) in [4.78, 5) is 0. The molecule has 0 atom stereocenters. The van der Waals surface area contributed by atoms with E-state index in [2.05, 4.69) is 20.6 Å². The normalized spacial score (nSPS) is 10.6. The minimum Gasteiger partial charge on any atom is -0.396 e. The maximum absolute atomic E-state index is 5.61. The molecule has 7 heteroatoms. The molecule has 0 aliphatic carbocycles. The molecule has 1 aromatic carbocycles. The first kappa shape index (κ1) is 9.52. The van der Waals surface area contributed by atoms with E-state index in [9.17, 15) is 0 Å². The minimum absolute atomic E-state index is 0.493. The van der Waals surface area contributed by atoms with Crippen LogP contribution in [0.5, 0.6) is 0 Å². The third-order valence-corrected chi connectivity index (χ3v) is 2.26. The van der Waals surface area contributed by atoms with Crippen molar-refractivity contribution in [1.82, 2.24) is 30.0 Å². The van der Waals surface area contributed by atoms with Crippen LogP contribution in [0.4, 0.5) is 5.69 Å². The molecule has 3 aromatic rings. The number of nitrogens with two attached hydrogens (primary N) is 1. The van der Waals surface area contributed by atoms with Crippen LogP contribution in [-0.2, 0) is 0 Å². The van der Waals surface area contributed by atoms with Crippen LogP contribution >= 0.6 is 0 Å². The van der Waals surface area contributed by atoms with E-state index < -0.39 is 0 Å². The topological polar surface area (TPSA) is 87.4 Å². The van der Waals surface area contributed by atoms with Gasteiger partial charge in [-0.3, -0.25) is 0 Å². The number of hydrogen-bond acceptors (Lipinski definition) is 5. The summed E-state index contributed by atoms with van der Waals surface area (Å²) >= 11 is 0. The number of aromatic nitrogens is 6. The predicted molar refractivity (Wildman–Crippen MR) is 60.7 cm³/mol. The molecule has 0 saturated heterocycles. The molecule has 2 heterocycles. The maximum atomic E-state index is 5.61. The van der Waals surface area contributed by atoms with E-state index in [1.54, 1.807) is 17.1 Å². The molecule has 0 amide bonds. The maximum Gasteiger partial charge on any atom is 0.275 e. The van der Waals surface area contributed by atoms with Gasteiger partial charge in [0.05, 0.1) is 23.8 Å². The number of hydrogen-bond donors (Lipinski definition) is 1. The Hall–Kier alpha value is -2.70. The Labute approximate surface area is 96.5 Å². The van der Waals surface area contributed by atoms with Crippen molar-refractivity contribution in [2.24, 2.45) is 0 Å². The zero-order valence-electron chi connectivity index (χ0n) is 8.80. The fourth-order valence-electron chi connectivity index (χ4n) is 1.51. The highest BCUT2D eigenvalue weighted by atomic mass is 15.6. The van der Waals surface area contributed by atoms with Crippen molar-refractivity contribution < 1.29 is 0 Å². The molecule has 0 aliphatic rings. The van der Waals surface area contributed by atoms with Gasteiger partial charge in [0.25, 0.3) is 5.95 Å². The summed E-state index contributed by atoms with van der Waals surface area (Å²) in [6.07, 6.45) is 3.20. The summed E-state index contributed by atoms with van der Waals surface area (Å²) in [5.74, 6) is 0.493. The Morgan fingerprint density at radius 2 is 1.94 bits per heavy atom. The van der Waals surface area contributed by atoms with E-state index in [0.717, 1.165) is 5.69 Å². The standard InChI is InChI=1S/C10H9N7/c11-8-6-12-16(7-8)10-13-14-15-17(10)9-4-2-1-3-5-9/h1-7H,11H2. The summed E-state index contributed by atoms with van der Waals surface area (Å²) in [5.41, 5.74) is 7.04.